The summed E-state index contributed by atoms with van der Waals surface area (Å²) in [7, 11) is -3.89. The molecule has 0 spiro atoms. The van der Waals surface area contributed by atoms with Gasteiger partial charge in [-0.25, -0.2) is 13.2 Å². The maximum absolute atomic E-state index is 13.5. The average molecular weight is 722 g/mol. The number of carbonyl (C=O) groups is 4. The largest absolute Gasteiger partial charge is 0.490 e. The second kappa shape index (κ2) is 16.0. The highest BCUT2D eigenvalue weighted by Gasteiger charge is 2.38. The van der Waals surface area contributed by atoms with Crippen LogP contribution in [0.1, 0.15) is 16.9 Å². The van der Waals surface area contributed by atoms with Gasteiger partial charge in [0.2, 0.25) is 15.7 Å². The third-order valence-corrected chi connectivity index (χ3v) is 11.2. The van der Waals surface area contributed by atoms with Crippen molar-refractivity contribution in [2.45, 2.75) is 38.8 Å². The van der Waals surface area contributed by atoms with Crippen LogP contribution in [-0.4, -0.2) is 76.8 Å². The predicted octanol–water partition coefficient (Wildman–Crippen LogP) is 4.80. The van der Waals surface area contributed by atoms with E-state index in [0.29, 0.717) is 20.3 Å². The lowest BCUT2D eigenvalue weighted by molar-refractivity contribution is -0.192. The Morgan fingerprint density at radius 3 is 2.20 bits per heavy atom. The Balaban J connectivity index is 0.000000942. The zero-order valence-corrected chi connectivity index (χ0v) is 27.0. The normalized spacial score (nSPS) is 11.9. The monoisotopic (exact) mass is 721 g/mol. The van der Waals surface area contributed by atoms with Crippen LogP contribution in [-0.2, 0) is 29.0 Å². The highest BCUT2D eigenvalue weighted by molar-refractivity contribution is 8.01. The molecule has 0 aliphatic carbocycles. The van der Waals surface area contributed by atoms with Gasteiger partial charge in [0.15, 0.2) is 0 Å². The Kier molecular flexibility index (Phi) is 13.2. The smallest absolute Gasteiger partial charge is 0.481 e. The fraction of sp³-hybridized carbons (Fsp3) is 0.222. The Labute approximate surface area is 272 Å². The van der Waals surface area contributed by atoms with Crippen molar-refractivity contribution in [3.8, 4) is 11.1 Å². The van der Waals surface area contributed by atoms with E-state index in [1.165, 1.54) is 23.9 Å². The molecule has 3 rings (SSSR count). The van der Waals surface area contributed by atoms with Crippen molar-refractivity contribution >= 4 is 80.0 Å². The van der Waals surface area contributed by atoms with Crippen molar-refractivity contribution < 1.29 is 56.1 Å². The number of anilines is 1. The van der Waals surface area contributed by atoms with E-state index in [2.05, 4.69) is 5.32 Å². The number of thiophene rings is 1. The van der Waals surface area contributed by atoms with Crippen LogP contribution in [0.3, 0.4) is 0 Å². The minimum atomic E-state index is -5.08. The van der Waals surface area contributed by atoms with Crippen LogP contribution in [0.4, 0.5) is 18.9 Å². The second-order valence-electron chi connectivity index (χ2n) is 9.03. The Bertz CT molecular complexity index is 1760. The lowest BCUT2D eigenvalue weighted by Gasteiger charge is -2.13. The maximum Gasteiger partial charge on any atom is 0.490 e. The topological polar surface area (TPSA) is 225 Å². The molecule has 7 N–H and O–H groups in total. The molecule has 1 unspecified atom stereocenters. The predicted molar refractivity (Wildman–Crippen MR) is 168 cm³/mol. The number of carbonyl (C=O) groups excluding carboxylic acids is 1. The van der Waals surface area contributed by atoms with Gasteiger partial charge in [-0.05, 0) is 60.2 Å². The molecule has 0 radical (unpaired) electrons. The van der Waals surface area contributed by atoms with Crippen LogP contribution in [0.15, 0.2) is 62.5 Å². The summed E-state index contributed by atoms with van der Waals surface area (Å²) >= 11 is 3.15. The van der Waals surface area contributed by atoms with Crippen LogP contribution < -0.4 is 11.1 Å². The molecule has 1 heterocycles. The van der Waals surface area contributed by atoms with Gasteiger partial charge in [0.1, 0.15) is 11.1 Å². The number of aryl methyl sites for hydroxylation is 1. The van der Waals surface area contributed by atoms with Gasteiger partial charge in [-0.15, -0.1) is 34.9 Å². The molecule has 1 aromatic heterocycles. The lowest BCUT2D eigenvalue weighted by atomic mass is 10.00. The minimum absolute atomic E-state index is 0.0892. The summed E-state index contributed by atoms with van der Waals surface area (Å²) in [5, 5.41) is 34.1. The summed E-state index contributed by atoms with van der Waals surface area (Å²) in [6.45, 7) is 1.80. The molecule has 0 aliphatic rings. The number of nitrogens with two attached hydrogens (primary N) is 1. The number of sulfone groups is 1. The van der Waals surface area contributed by atoms with E-state index in [0.717, 1.165) is 34.2 Å². The third kappa shape index (κ3) is 10.5. The fourth-order valence-corrected chi connectivity index (χ4v) is 8.32. The number of aliphatic carboxylic acids is 3. The summed E-state index contributed by atoms with van der Waals surface area (Å²) < 4.78 is 59.2. The number of nitrogens with one attached hydrogen (secondary N) is 2. The number of benzene rings is 2. The second-order valence-corrected chi connectivity index (χ2v) is 14.3. The molecule has 46 heavy (non-hydrogen) atoms. The summed E-state index contributed by atoms with van der Waals surface area (Å²) in [6, 6.07) is 13.0. The van der Waals surface area contributed by atoms with E-state index < -0.39 is 51.5 Å². The molecule has 0 bridgehead atoms. The summed E-state index contributed by atoms with van der Waals surface area (Å²) in [4.78, 5) is 43.8. The van der Waals surface area contributed by atoms with Gasteiger partial charge >= 0.3 is 24.1 Å². The van der Waals surface area contributed by atoms with E-state index in [1.807, 2.05) is 0 Å². The van der Waals surface area contributed by atoms with Gasteiger partial charge in [0.05, 0.1) is 31.1 Å². The fourth-order valence-electron chi connectivity index (χ4n) is 3.59. The zero-order valence-electron chi connectivity index (χ0n) is 23.7. The molecule has 19 heteroatoms. The van der Waals surface area contributed by atoms with E-state index in [9.17, 15) is 36.0 Å². The van der Waals surface area contributed by atoms with Gasteiger partial charge in [-0.2, -0.15) is 13.2 Å². The summed E-state index contributed by atoms with van der Waals surface area (Å²) in [5.74, 6) is -6.25. The van der Waals surface area contributed by atoms with Crippen LogP contribution in [0.2, 0.25) is 0 Å². The van der Waals surface area contributed by atoms with E-state index in [1.54, 1.807) is 49.6 Å². The molecule has 1 atom stereocenters. The van der Waals surface area contributed by atoms with Crippen LogP contribution in [0.25, 0.3) is 11.1 Å². The standard InChI is InChI=1S/C25H25N3O7S4.C2HF3O2/c1-13-8-15(28-21(29)12-37-19(24(32)33)11-22(30)31)6-7-17(13)14-4-3-5-16(9-14)39(34,35)20-10-18(23(26)27)38-25(20)36-2;3-2(4,5)1(6)7/h3-10,19H,11-12H2,1-2H3,(H3,26,27)(H,28,29)(H,30,31)(H,32,33);(H,6,7). The van der Waals surface area contributed by atoms with Crippen molar-refractivity contribution in [3.05, 3.63) is 59.0 Å². The SMILES string of the molecule is CSc1sc(C(=N)N)cc1S(=O)(=O)c1cccc(-c2ccc(NC(=O)CSC(CC(=O)O)C(=O)O)cc2C)c1.O=C(O)C(F)(F)F. The Morgan fingerprint density at radius 1 is 1.07 bits per heavy atom. The molecule has 2 aromatic carbocycles. The van der Waals surface area contributed by atoms with Gasteiger partial charge < -0.3 is 26.4 Å². The van der Waals surface area contributed by atoms with E-state index >= 15 is 0 Å². The first kappa shape index (κ1) is 38.1. The Hall–Kier alpha value is -4.07. The highest BCUT2D eigenvalue weighted by atomic mass is 32.2. The van der Waals surface area contributed by atoms with Crippen LogP contribution in [0.5, 0.6) is 0 Å². The molecular weight excluding hydrogens is 696 g/mol. The number of amidine groups is 1. The summed E-state index contributed by atoms with van der Waals surface area (Å²) in [6.07, 6.45) is -3.92. The number of alkyl halides is 3. The lowest BCUT2D eigenvalue weighted by Crippen LogP contribution is -2.24. The van der Waals surface area contributed by atoms with Crippen molar-refractivity contribution in [3.63, 3.8) is 0 Å². The minimum Gasteiger partial charge on any atom is -0.481 e. The molecule has 0 saturated carbocycles. The third-order valence-electron chi connectivity index (χ3n) is 5.67. The first-order valence-electron chi connectivity index (χ1n) is 12.4. The first-order chi connectivity index (χ1) is 21.3. The van der Waals surface area contributed by atoms with Crippen molar-refractivity contribution in [2.24, 2.45) is 5.73 Å². The molecular formula is C27H26F3N3O9S4. The van der Waals surface area contributed by atoms with Crippen molar-refractivity contribution in [2.75, 3.05) is 17.3 Å². The number of halogens is 3. The molecule has 1 amide bonds. The maximum atomic E-state index is 13.5. The number of thioether (sulfide) groups is 2. The van der Waals surface area contributed by atoms with Crippen LogP contribution in [0, 0.1) is 12.3 Å². The van der Waals surface area contributed by atoms with Crippen molar-refractivity contribution in [1.82, 2.24) is 0 Å². The number of amides is 1. The average Bonchev–Trinajstić information content (AvgIpc) is 3.41. The molecule has 248 valence electrons. The molecule has 12 nitrogen and oxygen atoms in total. The van der Waals surface area contributed by atoms with Crippen molar-refractivity contribution in [1.29, 1.82) is 5.41 Å². The summed E-state index contributed by atoms with van der Waals surface area (Å²) in [5.41, 5.74) is 8.16. The number of nitrogen functional groups attached to an aromatic ring is 1. The molecule has 3 aromatic rings. The first-order valence-corrected chi connectivity index (χ1v) is 17.0. The molecule has 0 aliphatic heterocycles. The van der Waals surface area contributed by atoms with Gasteiger partial charge in [-0.1, -0.05) is 18.2 Å². The number of carboxylic acids is 3. The van der Waals surface area contributed by atoms with Gasteiger partial charge in [0.25, 0.3) is 0 Å². The quantitative estimate of drug-likeness (QED) is 0.0843. The van der Waals surface area contributed by atoms with E-state index in [-0.39, 0.29) is 21.4 Å². The van der Waals surface area contributed by atoms with Gasteiger partial charge in [0, 0.05) is 5.69 Å². The van der Waals surface area contributed by atoms with E-state index in [4.69, 9.17) is 31.3 Å². The molecule has 0 fully saturated rings. The van der Waals surface area contributed by atoms with Gasteiger partial charge in [-0.3, -0.25) is 19.8 Å². The number of hydrogen-bond acceptors (Lipinski definition) is 10. The van der Waals surface area contributed by atoms with Crippen LogP contribution >= 0.6 is 34.9 Å². The zero-order chi connectivity index (χ0) is 35.0. The highest BCUT2D eigenvalue weighted by Crippen LogP contribution is 2.38. The number of carboxylic acid groups (broad SMARTS) is 3. The number of rotatable bonds is 12. The number of hydrogen-bond donors (Lipinski definition) is 6. The Morgan fingerprint density at radius 2 is 1.70 bits per heavy atom. The molecule has 0 saturated heterocycles.